The third-order valence-electron chi connectivity index (χ3n) is 3.59. The molecule has 0 spiro atoms. The first kappa shape index (κ1) is 17.2. The summed E-state index contributed by atoms with van der Waals surface area (Å²) in [5, 5.41) is 5.34. The van der Waals surface area contributed by atoms with E-state index in [-0.39, 0.29) is 17.5 Å². The Morgan fingerprint density at radius 2 is 1.62 bits per heavy atom. The summed E-state index contributed by atoms with van der Waals surface area (Å²) in [6, 6.07) is 19.2. The van der Waals surface area contributed by atoms with E-state index in [4.69, 9.17) is 4.74 Å². The second-order valence-corrected chi connectivity index (χ2v) is 5.38. The van der Waals surface area contributed by atoms with Crippen LogP contribution in [0.3, 0.4) is 0 Å². The van der Waals surface area contributed by atoms with Crippen molar-refractivity contribution in [1.82, 2.24) is 10.3 Å². The van der Waals surface area contributed by atoms with Crippen LogP contribution in [0.4, 0.5) is 5.69 Å². The fraction of sp³-hybridized carbons (Fsp3) is 0.0500. The summed E-state index contributed by atoms with van der Waals surface area (Å²) in [6.45, 7) is 0. The van der Waals surface area contributed by atoms with Crippen LogP contribution in [-0.4, -0.2) is 23.8 Å². The number of benzene rings is 2. The summed E-state index contributed by atoms with van der Waals surface area (Å²) in [5.41, 5.74) is 1.43. The summed E-state index contributed by atoms with van der Waals surface area (Å²) in [7, 11) is 1.53. The lowest BCUT2D eigenvalue weighted by atomic mass is 10.2. The first-order valence-electron chi connectivity index (χ1n) is 7.99. The Morgan fingerprint density at radius 1 is 0.885 bits per heavy atom. The van der Waals surface area contributed by atoms with Crippen LogP contribution in [0.15, 0.2) is 72.9 Å². The van der Waals surface area contributed by atoms with Crippen molar-refractivity contribution < 1.29 is 14.3 Å². The highest BCUT2D eigenvalue weighted by Crippen LogP contribution is 2.25. The number of nitrogens with zero attached hydrogens (tertiary/aromatic N) is 1. The van der Waals surface area contributed by atoms with Gasteiger partial charge in [-0.1, -0.05) is 18.2 Å². The van der Waals surface area contributed by atoms with Crippen molar-refractivity contribution in [3.05, 3.63) is 84.2 Å². The van der Waals surface area contributed by atoms with Gasteiger partial charge in [0.1, 0.15) is 5.75 Å². The first-order chi connectivity index (χ1) is 12.7. The van der Waals surface area contributed by atoms with E-state index in [9.17, 15) is 9.59 Å². The second-order valence-electron chi connectivity index (χ2n) is 5.38. The van der Waals surface area contributed by atoms with Crippen LogP contribution in [0.2, 0.25) is 0 Å². The SMILES string of the molecule is CNC(=O)c1ncccc1Oc1ccc(NC(=O)c2ccccc2)cc1. The van der Waals surface area contributed by atoms with Crippen molar-refractivity contribution in [2.24, 2.45) is 0 Å². The van der Waals surface area contributed by atoms with E-state index in [1.165, 1.54) is 13.2 Å². The standard InChI is InChI=1S/C20H17N3O3/c1-21-20(25)18-17(8-5-13-22-18)26-16-11-9-15(10-12-16)23-19(24)14-6-3-2-4-7-14/h2-13H,1H3,(H,21,25)(H,23,24). The molecule has 2 N–H and O–H groups in total. The third kappa shape index (κ3) is 4.05. The van der Waals surface area contributed by atoms with Crippen LogP contribution in [0, 0.1) is 0 Å². The molecule has 0 saturated carbocycles. The largest absolute Gasteiger partial charge is 0.455 e. The molecule has 0 unspecified atom stereocenters. The summed E-state index contributed by atoms with van der Waals surface area (Å²) in [6.07, 6.45) is 1.53. The monoisotopic (exact) mass is 347 g/mol. The maximum Gasteiger partial charge on any atom is 0.273 e. The summed E-state index contributed by atoms with van der Waals surface area (Å²) < 4.78 is 5.74. The van der Waals surface area contributed by atoms with Gasteiger partial charge in [0.2, 0.25) is 0 Å². The molecule has 2 amide bonds. The van der Waals surface area contributed by atoms with Gasteiger partial charge in [-0.2, -0.15) is 0 Å². The molecular weight excluding hydrogens is 330 g/mol. The van der Waals surface area contributed by atoms with Crippen molar-refractivity contribution in [1.29, 1.82) is 0 Å². The number of amides is 2. The zero-order valence-corrected chi connectivity index (χ0v) is 14.1. The minimum absolute atomic E-state index is 0.187. The molecule has 0 aliphatic heterocycles. The maximum absolute atomic E-state index is 12.1. The molecule has 0 radical (unpaired) electrons. The number of anilines is 1. The van der Waals surface area contributed by atoms with E-state index in [0.717, 1.165) is 0 Å². The molecule has 1 heterocycles. The molecule has 26 heavy (non-hydrogen) atoms. The van der Waals surface area contributed by atoms with Crippen LogP contribution in [0.1, 0.15) is 20.8 Å². The van der Waals surface area contributed by atoms with Gasteiger partial charge in [-0.3, -0.25) is 9.59 Å². The van der Waals surface area contributed by atoms with E-state index in [1.807, 2.05) is 18.2 Å². The number of ether oxygens (including phenoxy) is 1. The van der Waals surface area contributed by atoms with E-state index in [1.54, 1.807) is 48.5 Å². The number of hydrogen-bond acceptors (Lipinski definition) is 4. The van der Waals surface area contributed by atoms with Gasteiger partial charge in [0.15, 0.2) is 11.4 Å². The highest BCUT2D eigenvalue weighted by Gasteiger charge is 2.13. The smallest absolute Gasteiger partial charge is 0.273 e. The van der Waals surface area contributed by atoms with Gasteiger partial charge >= 0.3 is 0 Å². The Labute approximate surface area is 150 Å². The molecule has 2 aromatic carbocycles. The number of pyridine rings is 1. The molecule has 0 fully saturated rings. The Hall–Kier alpha value is -3.67. The fourth-order valence-corrected chi connectivity index (χ4v) is 2.29. The number of carbonyl (C=O) groups is 2. The van der Waals surface area contributed by atoms with E-state index >= 15 is 0 Å². The van der Waals surface area contributed by atoms with Gasteiger partial charge in [0.25, 0.3) is 11.8 Å². The van der Waals surface area contributed by atoms with Crippen molar-refractivity contribution in [2.75, 3.05) is 12.4 Å². The summed E-state index contributed by atoms with van der Waals surface area (Å²) >= 11 is 0. The van der Waals surface area contributed by atoms with Crippen molar-refractivity contribution in [3.63, 3.8) is 0 Å². The molecule has 3 aromatic rings. The minimum atomic E-state index is -0.327. The van der Waals surface area contributed by atoms with Gasteiger partial charge in [-0.15, -0.1) is 0 Å². The molecule has 6 heteroatoms. The van der Waals surface area contributed by atoms with Crippen LogP contribution >= 0.6 is 0 Å². The van der Waals surface area contributed by atoms with E-state index in [2.05, 4.69) is 15.6 Å². The predicted octanol–water partition coefficient (Wildman–Crippen LogP) is 3.49. The third-order valence-corrected chi connectivity index (χ3v) is 3.59. The Bertz CT molecular complexity index is 909. The number of hydrogen-bond donors (Lipinski definition) is 2. The van der Waals surface area contributed by atoms with Crippen LogP contribution in [0.5, 0.6) is 11.5 Å². The average molecular weight is 347 g/mol. The fourth-order valence-electron chi connectivity index (χ4n) is 2.29. The predicted molar refractivity (Wildman–Crippen MR) is 98.5 cm³/mol. The molecule has 0 bridgehead atoms. The van der Waals surface area contributed by atoms with E-state index < -0.39 is 0 Å². The normalized spacial score (nSPS) is 10.0. The molecule has 0 saturated heterocycles. The Morgan fingerprint density at radius 3 is 2.31 bits per heavy atom. The number of carbonyl (C=O) groups excluding carboxylic acids is 2. The van der Waals surface area contributed by atoms with Crippen LogP contribution in [-0.2, 0) is 0 Å². The van der Waals surface area contributed by atoms with Crippen LogP contribution < -0.4 is 15.4 Å². The lowest BCUT2D eigenvalue weighted by Crippen LogP contribution is -2.19. The van der Waals surface area contributed by atoms with Crippen LogP contribution in [0.25, 0.3) is 0 Å². The van der Waals surface area contributed by atoms with Gasteiger partial charge < -0.3 is 15.4 Å². The molecule has 6 nitrogen and oxygen atoms in total. The maximum atomic E-state index is 12.1. The molecule has 0 aliphatic rings. The lowest BCUT2D eigenvalue weighted by molar-refractivity contribution is 0.0954. The lowest BCUT2D eigenvalue weighted by Gasteiger charge is -2.10. The van der Waals surface area contributed by atoms with E-state index in [0.29, 0.717) is 22.7 Å². The zero-order chi connectivity index (χ0) is 18.4. The van der Waals surface area contributed by atoms with Gasteiger partial charge in [-0.05, 0) is 48.5 Å². The van der Waals surface area contributed by atoms with Crippen molar-refractivity contribution in [3.8, 4) is 11.5 Å². The van der Waals surface area contributed by atoms with Crippen molar-refractivity contribution in [2.45, 2.75) is 0 Å². The minimum Gasteiger partial charge on any atom is -0.455 e. The van der Waals surface area contributed by atoms with Gasteiger partial charge in [0, 0.05) is 24.5 Å². The highest BCUT2D eigenvalue weighted by molar-refractivity contribution is 6.04. The molecule has 0 atom stereocenters. The molecular formula is C20H17N3O3. The first-order valence-corrected chi connectivity index (χ1v) is 7.99. The van der Waals surface area contributed by atoms with Gasteiger partial charge in [0.05, 0.1) is 0 Å². The quantitative estimate of drug-likeness (QED) is 0.740. The molecule has 0 aliphatic carbocycles. The molecule has 1 aromatic heterocycles. The summed E-state index contributed by atoms with van der Waals surface area (Å²) in [4.78, 5) is 28.0. The zero-order valence-electron chi connectivity index (χ0n) is 14.1. The topological polar surface area (TPSA) is 80.3 Å². The number of nitrogens with one attached hydrogen (secondary N) is 2. The van der Waals surface area contributed by atoms with Gasteiger partial charge in [-0.25, -0.2) is 4.98 Å². The number of aromatic nitrogens is 1. The molecule has 130 valence electrons. The molecule has 3 rings (SSSR count). The average Bonchev–Trinajstić information content (AvgIpc) is 2.70. The second kappa shape index (κ2) is 7.94. The number of rotatable bonds is 5. The van der Waals surface area contributed by atoms with Crippen molar-refractivity contribution >= 4 is 17.5 Å². The Balaban J connectivity index is 1.71. The Kier molecular flexibility index (Phi) is 5.24. The highest BCUT2D eigenvalue weighted by atomic mass is 16.5. The summed E-state index contributed by atoms with van der Waals surface area (Å²) in [5.74, 6) is 0.370.